The fourth-order valence-electron chi connectivity index (χ4n) is 2.24. The summed E-state index contributed by atoms with van der Waals surface area (Å²) in [5.41, 5.74) is 3.98. The lowest BCUT2D eigenvalue weighted by Gasteiger charge is -2.16. The highest BCUT2D eigenvalue weighted by Crippen LogP contribution is 2.25. The molecular weight excluding hydrogens is 250 g/mol. The van der Waals surface area contributed by atoms with Crippen LogP contribution >= 0.6 is 0 Å². The summed E-state index contributed by atoms with van der Waals surface area (Å²) in [6.07, 6.45) is 0. The van der Waals surface area contributed by atoms with Crippen molar-refractivity contribution >= 4 is 0 Å². The van der Waals surface area contributed by atoms with Crippen molar-refractivity contribution in [1.82, 2.24) is 5.32 Å². The number of hydrogen-bond acceptors (Lipinski definition) is 3. The van der Waals surface area contributed by atoms with Gasteiger partial charge in [0.15, 0.2) is 0 Å². The molecule has 106 valence electrons. The zero-order valence-electron chi connectivity index (χ0n) is 11.9. The summed E-state index contributed by atoms with van der Waals surface area (Å²) in [5.74, 6) is 0.328. The quantitative estimate of drug-likeness (QED) is 0.783. The number of hydrogen-bond donors (Lipinski definition) is 3. The number of aromatic hydroxyl groups is 1. The van der Waals surface area contributed by atoms with Crippen LogP contribution in [0.5, 0.6) is 5.75 Å². The van der Waals surface area contributed by atoms with Gasteiger partial charge in [-0.25, -0.2) is 0 Å². The zero-order valence-corrected chi connectivity index (χ0v) is 11.9. The van der Waals surface area contributed by atoms with E-state index in [0.29, 0.717) is 12.3 Å². The van der Waals surface area contributed by atoms with Crippen LogP contribution < -0.4 is 5.32 Å². The summed E-state index contributed by atoms with van der Waals surface area (Å²) < 4.78 is 0. The van der Waals surface area contributed by atoms with Crippen molar-refractivity contribution in [3.05, 3.63) is 64.7 Å². The van der Waals surface area contributed by atoms with Crippen molar-refractivity contribution in [3.63, 3.8) is 0 Å². The minimum absolute atomic E-state index is 0.0577. The van der Waals surface area contributed by atoms with Gasteiger partial charge in [-0.3, -0.25) is 0 Å². The Balaban J connectivity index is 2.02. The van der Waals surface area contributed by atoms with Crippen LogP contribution in [0.1, 0.15) is 35.2 Å². The van der Waals surface area contributed by atoms with Gasteiger partial charge in [0.2, 0.25) is 0 Å². The van der Waals surface area contributed by atoms with E-state index in [4.69, 9.17) is 5.11 Å². The standard InChI is InChI=1S/C17H21NO2/c1-12-6-7-16(17(20)8-12)13(2)18-10-14-4-3-5-15(9-14)11-19/h3-9,13,18-20H,10-11H2,1-2H3. The van der Waals surface area contributed by atoms with Gasteiger partial charge in [0, 0.05) is 18.2 Å². The third kappa shape index (κ3) is 3.59. The lowest BCUT2D eigenvalue weighted by Crippen LogP contribution is -2.18. The molecule has 0 heterocycles. The Hall–Kier alpha value is -1.84. The largest absolute Gasteiger partial charge is 0.508 e. The van der Waals surface area contributed by atoms with E-state index in [2.05, 4.69) is 5.32 Å². The topological polar surface area (TPSA) is 52.5 Å². The molecule has 1 atom stereocenters. The number of aryl methyl sites for hydroxylation is 1. The number of aliphatic hydroxyl groups excluding tert-OH is 1. The Kier molecular flexibility index (Phi) is 4.77. The minimum Gasteiger partial charge on any atom is -0.508 e. The fraction of sp³-hybridized carbons (Fsp3) is 0.294. The normalized spacial score (nSPS) is 12.3. The Morgan fingerprint density at radius 3 is 2.55 bits per heavy atom. The van der Waals surface area contributed by atoms with E-state index in [1.165, 1.54) is 0 Å². The predicted octanol–water partition coefficient (Wildman–Crippen LogP) is 3.04. The van der Waals surface area contributed by atoms with Gasteiger partial charge in [0.25, 0.3) is 0 Å². The molecule has 3 N–H and O–H groups in total. The van der Waals surface area contributed by atoms with Crippen LogP contribution in [0.15, 0.2) is 42.5 Å². The summed E-state index contributed by atoms with van der Waals surface area (Å²) >= 11 is 0. The van der Waals surface area contributed by atoms with Crippen molar-refractivity contribution in [3.8, 4) is 5.75 Å². The van der Waals surface area contributed by atoms with Crippen LogP contribution in [-0.4, -0.2) is 10.2 Å². The van der Waals surface area contributed by atoms with Gasteiger partial charge >= 0.3 is 0 Å². The van der Waals surface area contributed by atoms with Crippen LogP contribution in [0, 0.1) is 6.92 Å². The third-order valence-electron chi connectivity index (χ3n) is 3.44. The Bertz CT molecular complexity index is 581. The van der Waals surface area contributed by atoms with Crippen molar-refractivity contribution in [1.29, 1.82) is 0 Å². The molecule has 3 heteroatoms. The molecular formula is C17H21NO2. The highest BCUT2D eigenvalue weighted by Gasteiger charge is 2.09. The van der Waals surface area contributed by atoms with E-state index in [-0.39, 0.29) is 12.6 Å². The Labute approximate surface area is 119 Å². The molecule has 2 aromatic carbocycles. The maximum atomic E-state index is 9.97. The second-order valence-corrected chi connectivity index (χ2v) is 5.14. The van der Waals surface area contributed by atoms with Gasteiger partial charge in [-0.15, -0.1) is 0 Å². The fourth-order valence-corrected chi connectivity index (χ4v) is 2.24. The smallest absolute Gasteiger partial charge is 0.120 e. The van der Waals surface area contributed by atoms with Gasteiger partial charge in [0.05, 0.1) is 6.61 Å². The summed E-state index contributed by atoms with van der Waals surface area (Å²) in [6, 6.07) is 13.6. The minimum atomic E-state index is 0.0577. The van der Waals surface area contributed by atoms with Crippen molar-refractivity contribution in [2.45, 2.75) is 33.0 Å². The molecule has 2 rings (SSSR count). The predicted molar refractivity (Wildman–Crippen MR) is 80.5 cm³/mol. The molecule has 0 spiro atoms. The van der Waals surface area contributed by atoms with Crippen LogP contribution in [0.25, 0.3) is 0 Å². The van der Waals surface area contributed by atoms with Gasteiger partial charge in [-0.05, 0) is 36.6 Å². The van der Waals surface area contributed by atoms with Gasteiger partial charge < -0.3 is 15.5 Å². The maximum absolute atomic E-state index is 9.97. The highest BCUT2D eigenvalue weighted by molar-refractivity contribution is 5.37. The number of nitrogens with one attached hydrogen (secondary N) is 1. The van der Waals surface area contributed by atoms with Gasteiger partial charge in [-0.1, -0.05) is 36.4 Å². The average molecular weight is 271 g/mol. The van der Waals surface area contributed by atoms with Crippen molar-refractivity contribution < 1.29 is 10.2 Å². The first-order valence-corrected chi connectivity index (χ1v) is 6.81. The number of benzene rings is 2. The number of rotatable bonds is 5. The maximum Gasteiger partial charge on any atom is 0.120 e. The van der Waals surface area contributed by atoms with E-state index in [9.17, 15) is 5.11 Å². The second-order valence-electron chi connectivity index (χ2n) is 5.14. The summed E-state index contributed by atoms with van der Waals surface area (Å²) in [7, 11) is 0. The summed E-state index contributed by atoms with van der Waals surface area (Å²) in [6.45, 7) is 4.74. The molecule has 2 aromatic rings. The van der Waals surface area contributed by atoms with E-state index in [0.717, 1.165) is 22.3 Å². The lowest BCUT2D eigenvalue weighted by atomic mass is 10.0. The molecule has 0 saturated carbocycles. The molecule has 0 saturated heterocycles. The lowest BCUT2D eigenvalue weighted by molar-refractivity contribution is 0.281. The van der Waals surface area contributed by atoms with Crippen molar-refractivity contribution in [2.24, 2.45) is 0 Å². The molecule has 20 heavy (non-hydrogen) atoms. The first-order chi connectivity index (χ1) is 9.60. The molecule has 0 radical (unpaired) electrons. The number of phenols is 1. The summed E-state index contributed by atoms with van der Waals surface area (Å²) in [5, 5.41) is 22.5. The molecule has 3 nitrogen and oxygen atoms in total. The third-order valence-corrected chi connectivity index (χ3v) is 3.44. The van der Waals surface area contributed by atoms with Crippen LogP contribution in [0.3, 0.4) is 0 Å². The summed E-state index contributed by atoms with van der Waals surface area (Å²) in [4.78, 5) is 0. The van der Waals surface area contributed by atoms with Crippen molar-refractivity contribution in [2.75, 3.05) is 0 Å². The van der Waals surface area contributed by atoms with Crippen LogP contribution in [0.2, 0.25) is 0 Å². The average Bonchev–Trinajstić information content (AvgIpc) is 2.45. The highest BCUT2D eigenvalue weighted by atomic mass is 16.3. The molecule has 0 fully saturated rings. The molecule has 0 aliphatic carbocycles. The van der Waals surface area contributed by atoms with Crippen LogP contribution in [-0.2, 0) is 13.2 Å². The Morgan fingerprint density at radius 2 is 1.85 bits per heavy atom. The molecule has 0 bridgehead atoms. The Morgan fingerprint density at radius 1 is 1.10 bits per heavy atom. The molecule has 1 unspecified atom stereocenters. The van der Waals surface area contributed by atoms with E-state index >= 15 is 0 Å². The second kappa shape index (κ2) is 6.55. The van der Waals surface area contributed by atoms with Crippen LogP contribution in [0.4, 0.5) is 0 Å². The first-order valence-electron chi connectivity index (χ1n) is 6.81. The SMILES string of the molecule is Cc1ccc(C(C)NCc2cccc(CO)c2)c(O)c1. The van der Waals surface area contributed by atoms with E-state index in [1.807, 2.05) is 50.2 Å². The van der Waals surface area contributed by atoms with E-state index in [1.54, 1.807) is 6.07 Å². The molecule has 0 aliphatic rings. The molecule has 0 amide bonds. The zero-order chi connectivity index (χ0) is 14.5. The molecule has 0 aromatic heterocycles. The number of aliphatic hydroxyl groups is 1. The van der Waals surface area contributed by atoms with Gasteiger partial charge in [-0.2, -0.15) is 0 Å². The monoisotopic (exact) mass is 271 g/mol. The van der Waals surface area contributed by atoms with Gasteiger partial charge in [0.1, 0.15) is 5.75 Å². The first kappa shape index (κ1) is 14.6. The van der Waals surface area contributed by atoms with E-state index < -0.39 is 0 Å². The number of phenolic OH excluding ortho intramolecular Hbond substituents is 1. The molecule has 0 aliphatic heterocycles.